The number of hydrogen-bond acceptors (Lipinski definition) is 3. The molecule has 3 aromatic rings. The van der Waals surface area contributed by atoms with Crippen molar-refractivity contribution in [2.45, 2.75) is 84.4 Å². The number of aliphatic carboxylic acids is 1. The van der Waals surface area contributed by atoms with Gasteiger partial charge in [-0.05, 0) is 88.6 Å². The van der Waals surface area contributed by atoms with Gasteiger partial charge >= 0.3 is 12.6 Å². The molecule has 1 saturated carbocycles. The Morgan fingerprint density at radius 2 is 1.82 bits per heavy atom. The van der Waals surface area contributed by atoms with Gasteiger partial charge in [0.05, 0.1) is 6.42 Å². The molecular weight excluding hydrogens is 498 g/mol. The van der Waals surface area contributed by atoms with Gasteiger partial charge in [-0.25, -0.2) is 0 Å². The molecule has 1 fully saturated rings. The first kappa shape index (κ1) is 28.6. The highest BCUT2D eigenvalue weighted by molar-refractivity contribution is 5.70. The number of hydrogen-bond donors (Lipinski definition) is 1. The Bertz CT molecular complexity index is 1270. The lowest BCUT2D eigenvalue weighted by molar-refractivity contribution is -0.137. The molecule has 1 aliphatic rings. The minimum atomic E-state index is -2.87. The van der Waals surface area contributed by atoms with E-state index in [1.165, 1.54) is 5.56 Å². The average Bonchev–Trinajstić information content (AvgIpc) is 3.25. The summed E-state index contributed by atoms with van der Waals surface area (Å²) >= 11 is 0. The van der Waals surface area contributed by atoms with Crippen molar-refractivity contribution in [1.29, 1.82) is 0 Å². The number of benzene rings is 3. The third-order valence-electron chi connectivity index (χ3n) is 7.91. The minimum absolute atomic E-state index is 0.0450. The smallest absolute Gasteiger partial charge is 0.387 e. The van der Waals surface area contributed by atoms with Crippen LogP contribution in [0.5, 0.6) is 11.5 Å². The summed E-state index contributed by atoms with van der Waals surface area (Å²) < 4.78 is 36.6. The summed E-state index contributed by atoms with van der Waals surface area (Å²) in [6.07, 6.45) is 5.17. The highest BCUT2D eigenvalue weighted by Gasteiger charge is 2.36. The van der Waals surface area contributed by atoms with Crippen molar-refractivity contribution in [1.82, 2.24) is 0 Å². The van der Waals surface area contributed by atoms with Gasteiger partial charge in [-0.15, -0.1) is 0 Å². The molecule has 4 nitrogen and oxygen atoms in total. The van der Waals surface area contributed by atoms with Crippen LogP contribution in [0.25, 0.3) is 11.1 Å². The number of rotatable bonds is 12. The summed E-state index contributed by atoms with van der Waals surface area (Å²) in [5.74, 6) is 0.351. The van der Waals surface area contributed by atoms with Gasteiger partial charge in [-0.1, -0.05) is 76.1 Å². The van der Waals surface area contributed by atoms with Gasteiger partial charge in [0.2, 0.25) is 0 Å². The molecule has 0 saturated heterocycles. The summed E-state index contributed by atoms with van der Waals surface area (Å²) in [5, 5.41) is 9.33. The second-order valence-corrected chi connectivity index (χ2v) is 11.2. The summed E-state index contributed by atoms with van der Waals surface area (Å²) in [5.41, 5.74) is 5.20. The van der Waals surface area contributed by atoms with E-state index in [0.29, 0.717) is 18.3 Å². The van der Waals surface area contributed by atoms with E-state index in [9.17, 15) is 18.7 Å². The molecule has 0 spiro atoms. The molecule has 0 heterocycles. The fourth-order valence-corrected chi connectivity index (χ4v) is 5.97. The summed E-state index contributed by atoms with van der Waals surface area (Å²) in [7, 11) is 0. The van der Waals surface area contributed by atoms with Gasteiger partial charge in [0.15, 0.2) is 0 Å². The van der Waals surface area contributed by atoms with Crippen molar-refractivity contribution in [3.8, 4) is 22.6 Å². The second-order valence-electron chi connectivity index (χ2n) is 11.2. The van der Waals surface area contributed by atoms with Gasteiger partial charge in [-0.2, -0.15) is 8.78 Å². The van der Waals surface area contributed by atoms with Crippen molar-refractivity contribution >= 4 is 5.97 Å². The topological polar surface area (TPSA) is 55.8 Å². The molecule has 0 bridgehead atoms. The van der Waals surface area contributed by atoms with Gasteiger partial charge in [-0.3, -0.25) is 4.79 Å². The van der Waals surface area contributed by atoms with E-state index >= 15 is 0 Å². The predicted octanol–water partition coefficient (Wildman–Crippen LogP) is 9.19. The first-order valence-corrected chi connectivity index (χ1v) is 13.8. The van der Waals surface area contributed by atoms with Crippen molar-refractivity contribution in [3.05, 3.63) is 83.4 Å². The number of carboxylic acids is 1. The van der Waals surface area contributed by atoms with Crippen molar-refractivity contribution in [2.24, 2.45) is 5.41 Å². The van der Waals surface area contributed by atoms with Crippen LogP contribution in [0.2, 0.25) is 0 Å². The zero-order valence-corrected chi connectivity index (χ0v) is 23.0. The van der Waals surface area contributed by atoms with E-state index in [2.05, 4.69) is 37.6 Å². The first-order chi connectivity index (χ1) is 18.7. The van der Waals surface area contributed by atoms with Crippen LogP contribution in [0.1, 0.15) is 87.8 Å². The van der Waals surface area contributed by atoms with Crippen molar-refractivity contribution < 1.29 is 28.2 Å². The molecule has 0 aromatic heterocycles. The molecule has 1 N–H and O–H groups in total. The van der Waals surface area contributed by atoms with E-state index in [-0.39, 0.29) is 23.5 Å². The van der Waals surface area contributed by atoms with E-state index in [0.717, 1.165) is 54.4 Å². The quantitative estimate of drug-likeness (QED) is 0.251. The van der Waals surface area contributed by atoms with Crippen LogP contribution in [-0.2, 0) is 11.4 Å². The van der Waals surface area contributed by atoms with Gasteiger partial charge in [0.1, 0.15) is 18.1 Å². The molecule has 3 aromatic carbocycles. The molecule has 0 amide bonds. The monoisotopic (exact) mass is 536 g/mol. The summed E-state index contributed by atoms with van der Waals surface area (Å²) in [4.78, 5) is 11.4. The Morgan fingerprint density at radius 1 is 1.05 bits per heavy atom. The maximum atomic E-state index is 12.9. The lowest BCUT2D eigenvalue weighted by atomic mass is 9.75. The maximum absolute atomic E-state index is 12.9. The molecule has 6 heteroatoms. The van der Waals surface area contributed by atoms with Crippen LogP contribution in [-0.4, -0.2) is 17.7 Å². The molecule has 208 valence electrons. The lowest BCUT2D eigenvalue weighted by Crippen LogP contribution is -2.16. The van der Waals surface area contributed by atoms with Crippen LogP contribution < -0.4 is 9.47 Å². The molecule has 0 aliphatic heterocycles. The Morgan fingerprint density at radius 3 is 2.51 bits per heavy atom. The first-order valence-electron chi connectivity index (χ1n) is 13.8. The van der Waals surface area contributed by atoms with Gasteiger partial charge < -0.3 is 14.6 Å². The Kier molecular flexibility index (Phi) is 9.26. The molecule has 1 aliphatic carbocycles. The van der Waals surface area contributed by atoms with Gasteiger partial charge in [0, 0.05) is 0 Å². The fourth-order valence-electron chi connectivity index (χ4n) is 5.97. The number of carbonyl (C=O) groups is 1. The van der Waals surface area contributed by atoms with E-state index in [4.69, 9.17) is 4.74 Å². The standard InChI is InChI=1S/C33H38F2O4/c1-4-8-23(20-31(36)37)24-9-5-11-26(18-24)38-21-22-14-15-28(25-10-6-12-27(19-25)39-32(34)35)29(17-22)30-13-7-16-33(30,2)3/h5-6,9-12,14-15,17-19,23,30,32H,4,7-8,13,16,20-21H2,1-3H3,(H,36,37)/t23-,30+/m0/s1. The third-order valence-corrected chi connectivity index (χ3v) is 7.91. The molecule has 0 unspecified atom stereocenters. The van der Waals surface area contributed by atoms with Gasteiger partial charge in [0.25, 0.3) is 0 Å². The Balaban J connectivity index is 1.61. The van der Waals surface area contributed by atoms with Crippen molar-refractivity contribution in [3.63, 3.8) is 0 Å². The number of ether oxygens (including phenoxy) is 2. The molecule has 0 radical (unpaired) electrons. The molecule has 2 atom stereocenters. The Labute approximate surface area is 230 Å². The SMILES string of the molecule is CCC[C@@H](CC(=O)O)c1cccc(OCc2ccc(-c3cccc(OC(F)F)c3)c([C@H]3CCCC3(C)C)c2)c1. The zero-order chi connectivity index (χ0) is 28.0. The van der Waals surface area contributed by atoms with Crippen LogP contribution in [0.3, 0.4) is 0 Å². The fraction of sp³-hybridized carbons (Fsp3) is 0.424. The third kappa shape index (κ3) is 7.37. The highest BCUT2D eigenvalue weighted by atomic mass is 19.3. The number of alkyl halides is 2. The summed E-state index contributed by atoms with van der Waals surface area (Å²) in [6, 6.07) is 20.9. The zero-order valence-electron chi connectivity index (χ0n) is 23.0. The number of carboxylic acid groups (broad SMARTS) is 1. The molecule has 4 rings (SSSR count). The summed E-state index contributed by atoms with van der Waals surface area (Å²) in [6.45, 7) is 4.15. The van der Waals surface area contributed by atoms with Crippen LogP contribution in [0, 0.1) is 5.41 Å². The number of halogens is 2. The highest BCUT2D eigenvalue weighted by Crippen LogP contribution is 2.51. The Hall–Kier alpha value is -3.41. The van der Waals surface area contributed by atoms with E-state index < -0.39 is 12.6 Å². The normalized spacial score (nSPS) is 17.2. The lowest BCUT2D eigenvalue weighted by Gasteiger charge is -2.30. The predicted molar refractivity (Wildman–Crippen MR) is 150 cm³/mol. The van der Waals surface area contributed by atoms with Crippen molar-refractivity contribution in [2.75, 3.05) is 0 Å². The van der Waals surface area contributed by atoms with Crippen LogP contribution in [0.4, 0.5) is 8.78 Å². The average molecular weight is 537 g/mol. The molecular formula is C33H38F2O4. The van der Waals surface area contributed by atoms with Crippen LogP contribution >= 0.6 is 0 Å². The maximum Gasteiger partial charge on any atom is 0.387 e. The van der Waals surface area contributed by atoms with E-state index in [1.54, 1.807) is 18.2 Å². The molecule has 39 heavy (non-hydrogen) atoms. The van der Waals surface area contributed by atoms with Crippen LogP contribution in [0.15, 0.2) is 66.7 Å². The van der Waals surface area contributed by atoms with E-state index in [1.807, 2.05) is 36.4 Å². The minimum Gasteiger partial charge on any atom is -0.489 e. The second kappa shape index (κ2) is 12.6. The largest absolute Gasteiger partial charge is 0.489 e.